The Labute approximate surface area is 113 Å². The molecule has 0 saturated heterocycles. The van der Waals surface area contributed by atoms with Crippen LogP contribution in [0.2, 0.25) is 0 Å². The fourth-order valence-electron chi connectivity index (χ4n) is 1.40. The molecule has 1 aromatic carbocycles. The predicted octanol–water partition coefficient (Wildman–Crippen LogP) is 0.929. The number of nitrogens with one attached hydrogen (secondary N) is 2. The summed E-state index contributed by atoms with van der Waals surface area (Å²) in [7, 11) is 0. The molecule has 0 saturated carbocycles. The van der Waals surface area contributed by atoms with Crippen LogP contribution in [0.3, 0.4) is 0 Å². The zero-order chi connectivity index (χ0) is 14.4. The molecule has 20 heavy (non-hydrogen) atoms. The van der Waals surface area contributed by atoms with Crippen LogP contribution in [0, 0.1) is 0 Å². The summed E-state index contributed by atoms with van der Waals surface area (Å²) in [6.07, 6.45) is -0.623. The Hall–Kier alpha value is -2.90. The summed E-state index contributed by atoms with van der Waals surface area (Å²) in [6, 6.07) is 9.23. The molecule has 1 amide bonds. The molecule has 0 atom stereocenters. The van der Waals surface area contributed by atoms with Gasteiger partial charge >= 0.3 is 12.1 Å². The van der Waals surface area contributed by atoms with Gasteiger partial charge in [-0.1, -0.05) is 30.3 Å². The van der Waals surface area contributed by atoms with Crippen molar-refractivity contribution < 1.29 is 19.4 Å². The highest BCUT2D eigenvalue weighted by atomic mass is 16.5. The van der Waals surface area contributed by atoms with Gasteiger partial charge in [-0.3, -0.25) is 5.10 Å². The second-order valence-electron chi connectivity index (χ2n) is 3.83. The summed E-state index contributed by atoms with van der Waals surface area (Å²) >= 11 is 0. The van der Waals surface area contributed by atoms with Gasteiger partial charge in [0.1, 0.15) is 12.4 Å². The van der Waals surface area contributed by atoms with E-state index in [9.17, 15) is 9.59 Å². The number of benzene rings is 1. The largest absolute Gasteiger partial charge is 0.475 e. The molecule has 0 spiro atoms. The van der Waals surface area contributed by atoms with Crippen molar-refractivity contribution in [3.8, 4) is 0 Å². The number of hydrogen-bond donors (Lipinski definition) is 3. The summed E-state index contributed by atoms with van der Waals surface area (Å²) in [5.41, 5.74) is 0.871. The van der Waals surface area contributed by atoms with Gasteiger partial charge in [-0.2, -0.15) is 0 Å². The maximum Gasteiger partial charge on any atom is 0.407 e. The molecule has 0 bridgehead atoms. The number of carbonyl (C=O) groups excluding carboxylic acids is 1. The van der Waals surface area contributed by atoms with Crippen LogP contribution in [0.5, 0.6) is 0 Å². The molecular formula is C12H12N4O4. The van der Waals surface area contributed by atoms with Crippen molar-refractivity contribution in [3.63, 3.8) is 0 Å². The highest BCUT2D eigenvalue weighted by Crippen LogP contribution is 2.00. The van der Waals surface area contributed by atoms with Crippen LogP contribution < -0.4 is 5.32 Å². The highest BCUT2D eigenvalue weighted by Gasteiger charge is 2.11. The van der Waals surface area contributed by atoms with Gasteiger partial charge in [0.25, 0.3) is 5.82 Å². The molecule has 0 radical (unpaired) electrons. The van der Waals surface area contributed by atoms with Gasteiger partial charge in [0.15, 0.2) is 0 Å². The molecule has 8 nitrogen and oxygen atoms in total. The Morgan fingerprint density at radius 3 is 2.70 bits per heavy atom. The van der Waals surface area contributed by atoms with Gasteiger partial charge in [-0.05, 0) is 5.56 Å². The Bertz CT molecular complexity index is 597. The quantitative estimate of drug-likeness (QED) is 0.747. The van der Waals surface area contributed by atoms with Crippen molar-refractivity contribution in [1.82, 2.24) is 20.5 Å². The molecular weight excluding hydrogens is 264 g/mol. The van der Waals surface area contributed by atoms with Crippen molar-refractivity contribution in [2.45, 2.75) is 13.2 Å². The van der Waals surface area contributed by atoms with Crippen LogP contribution in [-0.2, 0) is 17.9 Å². The van der Waals surface area contributed by atoms with Gasteiger partial charge < -0.3 is 15.2 Å². The minimum absolute atomic E-state index is 0.00784. The van der Waals surface area contributed by atoms with Crippen molar-refractivity contribution in [3.05, 3.63) is 47.5 Å². The number of nitrogens with zero attached hydrogens (tertiary/aromatic N) is 2. The van der Waals surface area contributed by atoms with E-state index in [1.807, 2.05) is 30.3 Å². The number of carboxylic acids is 1. The van der Waals surface area contributed by atoms with Crippen LogP contribution in [0.1, 0.15) is 22.0 Å². The molecule has 0 aliphatic rings. The van der Waals surface area contributed by atoms with Crippen LogP contribution in [-0.4, -0.2) is 32.4 Å². The number of aromatic nitrogens is 3. The molecule has 2 rings (SSSR count). The first kappa shape index (κ1) is 13.5. The number of rotatable bonds is 5. The number of alkyl carbamates (subject to hydrolysis) is 1. The standard InChI is InChI=1S/C12H12N4O4/c17-11(18)10-14-9(15-16-10)6-13-12(19)20-7-8-4-2-1-3-5-8/h1-5H,6-7H2,(H,13,19)(H,17,18)(H,14,15,16). The first-order chi connectivity index (χ1) is 9.65. The van der Waals surface area contributed by atoms with E-state index in [0.717, 1.165) is 5.56 Å². The molecule has 2 aromatic rings. The van der Waals surface area contributed by atoms with Crippen LogP contribution in [0.15, 0.2) is 30.3 Å². The number of aromatic carboxylic acids is 1. The Kier molecular flexibility index (Phi) is 4.28. The van der Waals surface area contributed by atoms with E-state index < -0.39 is 12.1 Å². The highest BCUT2D eigenvalue weighted by molar-refractivity contribution is 5.82. The topological polar surface area (TPSA) is 117 Å². The number of amides is 1. The van der Waals surface area contributed by atoms with Gasteiger partial charge in [0, 0.05) is 0 Å². The van der Waals surface area contributed by atoms with E-state index in [1.54, 1.807) is 0 Å². The van der Waals surface area contributed by atoms with Gasteiger partial charge in [0.05, 0.1) is 6.54 Å². The van der Waals surface area contributed by atoms with Crippen molar-refractivity contribution in [1.29, 1.82) is 0 Å². The molecule has 0 aliphatic carbocycles. The maximum absolute atomic E-state index is 11.4. The lowest BCUT2D eigenvalue weighted by atomic mass is 10.2. The minimum Gasteiger partial charge on any atom is -0.475 e. The third kappa shape index (κ3) is 3.80. The van der Waals surface area contributed by atoms with E-state index in [0.29, 0.717) is 0 Å². The molecule has 0 aliphatic heterocycles. The zero-order valence-electron chi connectivity index (χ0n) is 10.4. The average molecular weight is 276 g/mol. The van der Waals surface area contributed by atoms with Crippen molar-refractivity contribution >= 4 is 12.1 Å². The minimum atomic E-state index is -1.24. The number of ether oxygens (including phenoxy) is 1. The van der Waals surface area contributed by atoms with E-state index in [-0.39, 0.29) is 24.8 Å². The van der Waals surface area contributed by atoms with E-state index in [2.05, 4.69) is 20.5 Å². The summed E-state index contributed by atoms with van der Waals surface area (Å²) in [5, 5.41) is 16.9. The predicted molar refractivity (Wildman–Crippen MR) is 66.8 cm³/mol. The summed E-state index contributed by atoms with van der Waals surface area (Å²) in [4.78, 5) is 25.6. The molecule has 1 heterocycles. The number of aromatic amines is 1. The van der Waals surface area contributed by atoms with E-state index >= 15 is 0 Å². The van der Waals surface area contributed by atoms with E-state index in [1.165, 1.54) is 0 Å². The fraction of sp³-hybridized carbons (Fsp3) is 0.167. The molecule has 8 heteroatoms. The van der Waals surface area contributed by atoms with Crippen LogP contribution in [0.4, 0.5) is 4.79 Å². The Morgan fingerprint density at radius 1 is 1.30 bits per heavy atom. The second kappa shape index (κ2) is 6.32. The van der Waals surface area contributed by atoms with Gasteiger partial charge in [-0.15, -0.1) is 5.10 Å². The van der Waals surface area contributed by atoms with Gasteiger partial charge in [0.2, 0.25) is 0 Å². The molecule has 104 valence electrons. The Balaban J connectivity index is 1.76. The number of carbonyl (C=O) groups is 2. The molecule has 3 N–H and O–H groups in total. The van der Waals surface area contributed by atoms with Gasteiger partial charge in [-0.25, -0.2) is 14.6 Å². The lowest BCUT2D eigenvalue weighted by Crippen LogP contribution is -2.24. The lowest BCUT2D eigenvalue weighted by Gasteiger charge is -2.05. The maximum atomic E-state index is 11.4. The lowest BCUT2D eigenvalue weighted by molar-refractivity contribution is 0.0684. The third-order valence-electron chi connectivity index (χ3n) is 2.34. The summed E-state index contributed by atoms with van der Waals surface area (Å²) in [6.45, 7) is 0.164. The summed E-state index contributed by atoms with van der Waals surface area (Å²) in [5.74, 6) is -1.35. The first-order valence-corrected chi connectivity index (χ1v) is 5.74. The Morgan fingerprint density at radius 2 is 2.05 bits per heavy atom. The fourth-order valence-corrected chi connectivity index (χ4v) is 1.40. The van der Waals surface area contributed by atoms with Crippen LogP contribution in [0.25, 0.3) is 0 Å². The van der Waals surface area contributed by atoms with Crippen molar-refractivity contribution in [2.24, 2.45) is 0 Å². The molecule has 0 fully saturated rings. The average Bonchev–Trinajstić information content (AvgIpc) is 2.93. The monoisotopic (exact) mass is 276 g/mol. The number of hydrogen-bond acceptors (Lipinski definition) is 5. The zero-order valence-corrected chi connectivity index (χ0v) is 10.4. The smallest absolute Gasteiger partial charge is 0.407 e. The first-order valence-electron chi connectivity index (χ1n) is 5.74. The molecule has 0 unspecified atom stereocenters. The number of carboxylic acid groups (broad SMARTS) is 1. The van der Waals surface area contributed by atoms with Crippen molar-refractivity contribution in [2.75, 3.05) is 0 Å². The van der Waals surface area contributed by atoms with E-state index in [4.69, 9.17) is 9.84 Å². The number of H-pyrrole nitrogens is 1. The SMILES string of the molecule is O=C(NCc1nc(C(=O)O)n[nH]1)OCc1ccccc1. The second-order valence-corrected chi connectivity index (χ2v) is 3.83. The summed E-state index contributed by atoms with van der Waals surface area (Å²) < 4.78 is 4.98. The van der Waals surface area contributed by atoms with Crippen LogP contribution >= 0.6 is 0 Å². The molecule has 1 aromatic heterocycles. The third-order valence-corrected chi connectivity index (χ3v) is 2.34. The normalized spacial score (nSPS) is 10.0.